The van der Waals surface area contributed by atoms with Crippen LogP contribution in [0.2, 0.25) is 0 Å². The molecule has 202 valence electrons. The molecule has 2 aliphatic rings. The van der Waals surface area contributed by atoms with Crippen LogP contribution in [0.4, 0.5) is 18.0 Å². The van der Waals surface area contributed by atoms with Crippen LogP contribution in [0, 0.1) is 5.41 Å². The fourth-order valence-electron chi connectivity index (χ4n) is 5.14. The first-order chi connectivity index (χ1) is 17.2. The van der Waals surface area contributed by atoms with Crippen molar-refractivity contribution >= 4 is 23.3 Å². The van der Waals surface area contributed by atoms with Crippen molar-refractivity contribution < 1.29 is 22.8 Å². The lowest BCUT2D eigenvalue weighted by molar-refractivity contribution is -0.137. The van der Waals surface area contributed by atoms with Gasteiger partial charge in [0.1, 0.15) is 5.01 Å². The molecule has 0 aliphatic carbocycles. The van der Waals surface area contributed by atoms with E-state index in [2.05, 4.69) is 5.32 Å². The zero-order valence-corrected chi connectivity index (χ0v) is 22.5. The number of hydrogen-bond donors (Lipinski definition) is 2. The monoisotopic (exact) mass is 537 g/mol. The van der Waals surface area contributed by atoms with Gasteiger partial charge in [-0.3, -0.25) is 4.79 Å². The highest BCUT2D eigenvalue weighted by Gasteiger charge is 2.54. The van der Waals surface area contributed by atoms with Gasteiger partial charge in [-0.2, -0.15) is 13.2 Å². The Balaban J connectivity index is 1.68. The van der Waals surface area contributed by atoms with Crippen molar-refractivity contribution in [2.75, 3.05) is 13.1 Å². The smallest absolute Gasteiger partial charge is 0.336 e. The van der Waals surface area contributed by atoms with Gasteiger partial charge >= 0.3 is 12.2 Å². The van der Waals surface area contributed by atoms with Gasteiger partial charge in [-0.1, -0.05) is 32.9 Å². The van der Waals surface area contributed by atoms with E-state index < -0.39 is 23.2 Å². The van der Waals surface area contributed by atoms with Crippen molar-refractivity contribution in [1.82, 2.24) is 20.1 Å². The molecule has 0 radical (unpaired) electrons. The molecule has 4 rings (SSSR count). The van der Waals surface area contributed by atoms with Crippen molar-refractivity contribution in [1.29, 1.82) is 0 Å². The quantitative estimate of drug-likeness (QED) is 0.592. The van der Waals surface area contributed by atoms with Crippen LogP contribution < -0.4 is 11.1 Å². The number of fused-ring (bicyclic) bond motifs is 1. The maximum Gasteiger partial charge on any atom is 0.416 e. The number of carbonyl (C=O) groups excluding carboxylic acids is 2. The van der Waals surface area contributed by atoms with Gasteiger partial charge in [-0.25, -0.2) is 9.78 Å². The number of urea groups is 1. The summed E-state index contributed by atoms with van der Waals surface area (Å²) in [6, 6.07) is 3.64. The van der Waals surface area contributed by atoms with E-state index >= 15 is 0 Å². The second-order valence-electron chi connectivity index (χ2n) is 11.2. The van der Waals surface area contributed by atoms with Crippen molar-refractivity contribution in [3.05, 3.63) is 40.9 Å². The number of hydrogen-bond acceptors (Lipinski definition) is 5. The first-order valence-electron chi connectivity index (χ1n) is 12.4. The number of nitrogens with two attached hydrogens (primary N) is 1. The largest absolute Gasteiger partial charge is 0.416 e. The molecule has 7 nitrogen and oxygen atoms in total. The Morgan fingerprint density at radius 1 is 1.19 bits per heavy atom. The normalized spacial score (nSPS) is 22.9. The Morgan fingerprint density at radius 3 is 2.51 bits per heavy atom. The zero-order chi connectivity index (χ0) is 27.3. The molecule has 4 atom stereocenters. The highest BCUT2D eigenvalue weighted by Crippen LogP contribution is 2.43. The molecule has 2 aromatic rings. The molecule has 0 spiro atoms. The minimum absolute atomic E-state index is 0.0507. The van der Waals surface area contributed by atoms with Gasteiger partial charge in [0.15, 0.2) is 0 Å². The molecule has 3 N–H and O–H groups in total. The summed E-state index contributed by atoms with van der Waals surface area (Å²) in [5, 5.41) is 5.23. The molecule has 2 aliphatic heterocycles. The number of aromatic nitrogens is 1. The van der Waals surface area contributed by atoms with Gasteiger partial charge in [0.05, 0.1) is 29.4 Å². The first kappa shape index (κ1) is 27.4. The number of thiazole rings is 1. The molecule has 1 aromatic heterocycles. The molecular weight excluding hydrogens is 503 g/mol. The average Bonchev–Trinajstić information content (AvgIpc) is 3.52. The molecule has 2 fully saturated rings. The first-order valence-corrected chi connectivity index (χ1v) is 13.3. The Bertz CT molecular complexity index is 1160. The maximum absolute atomic E-state index is 13.5. The highest BCUT2D eigenvalue weighted by atomic mass is 32.1. The fraction of sp³-hybridized carbons (Fsp3) is 0.577. The molecular formula is C26H34F3N5O2S. The van der Waals surface area contributed by atoms with Crippen LogP contribution in [0.15, 0.2) is 29.6 Å². The number of carbonyl (C=O) groups is 2. The number of benzene rings is 1. The van der Waals surface area contributed by atoms with Crippen molar-refractivity contribution in [3.63, 3.8) is 0 Å². The lowest BCUT2D eigenvalue weighted by Gasteiger charge is -2.34. The van der Waals surface area contributed by atoms with Crippen molar-refractivity contribution in [2.24, 2.45) is 11.1 Å². The second-order valence-corrected chi connectivity index (χ2v) is 12.1. The van der Waals surface area contributed by atoms with E-state index in [9.17, 15) is 22.8 Å². The zero-order valence-electron chi connectivity index (χ0n) is 21.7. The molecule has 3 amide bonds. The number of likely N-dealkylation sites (tertiary alicyclic amines) is 2. The fourth-order valence-corrected chi connectivity index (χ4v) is 6.02. The molecule has 1 aromatic carbocycles. The van der Waals surface area contributed by atoms with Gasteiger partial charge in [0, 0.05) is 36.0 Å². The van der Waals surface area contributed by atoms with Crippen LogP contribution in [0.3, 0.4) is 0 Å². The van der Waals surface area contributed by atoms with Crippen molar-refractivity contribution in [2.45, 2.75) is 77.3 Å². The minimum atomic E-state index is -4.45. The summed E-state index contributed by atoms with van der Waals surface area (Å²) in [6.07, 6.45) is -3.82. The average molecular weight is 538 g/mol. The van der Waals surface area contributed by atoms with E-state index in [-0.39, 0.29) is 36.0 Å². The van der Waals surface area contributed by atoms with E-state index in [1.54, 1.807) is 15.9 Å². The van der Waals surface area contributed by atoms with E-state index in [4.69, 9.17) is 10.7 Å². The summed E-state index contributed by atoms with van der Waals surface area (Å²) in [4.78, 5) is 34.8. The Labute approximate surface area is 219 Å². The minimum Gasteiger partial charge on any atom is -0.336 e. The van der Waals surface area contributed by atoms with Crippen LogP contribution >= 0.6 is 11.3 Å². The van der Waals surface area contributed by atoms with Crippen LogP contribution in [-0.4, -0.2) is 64.0 Å². The second kappa shape index (κ2) is 9.90. The summed E-state index contributed by atoms with van der Waals surface area (Å²) in [7, 11) is 0. The third-order valence-corrected chi connectivity index (χ3v) is 8.03. The molecule has 11 heteroatoms. The van der Waals surface area contributed by atoms with Gasteiger partial charge in [-0.05, 0) is 37.8 Å². The molecule has 37 heavy (non-hydrogen) atoms. The van der Waals surface area contributed by atoms with Crippen molar-refractivity contribution in [3.8, 4) is 10.6 Å². The number of rotatable bonds is 4. The third kappa shape index (κ3) is 5.47. The topological polar surface area (TPSA) is 91.6 Å². The lowest BCUT2D eigenvalue weighted by atomic mass is 9.86. The van der Waals surface area contributed by atoms with E-state index in [1.165, 1.54) is 17.4 Å². The summed E-state index contributed by atoms with van der Waals surface area (Å²) < 4.78 is 39.8. The maximum atomic E-state index is 13.5. The van der Waals surface area contributed by atoms with Gasteiger partial charge in [-0.15, -0.1) is 11.3 Å². The summed E-state index contributed by atoms with van der Waals surface area (Å²) >= 11 is 1.26. The number of halogens is 3. The molecule has 0 bridgehead atoms. The summed E-state index contributed by atoms with van der Waals surface area (Å²) in [6.45, 7) is 10.4. The Kier molecular flexibility index (Phi) is 7.33. The van der Waals surface area contributed by atoms with Crippen LogP contribution in [0.25, 0.3) is 10.6 Å². The van der Waals surface area contributed by atoms with Gasteiger partial charge in [0.25, 0.3) is 0 Å². The standard InChI is InChI=1S/C26H34F3N5O2S/c1-14(2)31-24(36)34-12-17(20-19(34)9-10-33(20)23(35)21(30)25(3,4)5)18-13-37-22(32-18)15-7-6-8-16(11-15)26(27,28)29/h6-8,11,13-14,17,19-21H,9-10,12,30H2,1-5H3,(H,31,36)/t17-,19-,20?,21-/m1/s1. The van der Waals surface area contributed by atoms with Crippen LogP contribution in [0.5, 0.6) is 0 Å². The molecule has 2 saturated heterocycles. The molecule has 1 unspecified atom stereocenters. The summed E-state index contributed by atoms with van der Waals surface area (Å²) in [5.74, 6) is -0.443. The number of nitrogens with zero attached hydrogens (tertiary/aromatic N) is 3. The number of nitrogens with one attached hydrogen (secondary N) is 1. The Hall–Kier alpha value is -2.66. The van der Waals surface area contributed by atoms with E-state index in [1.807, 2.05) is 40.0 Å². The predicted molar refractivity (Wildman–Crippen MR) is 137 cm³/mol. The van der Waals surface area contributed by atoms with Gasteiger partial charge in [0.2, 0.25) is 5.91 Å². The SMILES string of the molecule is CC(C)NC(=O)N1C[C@H](c2csc(-c3cccc(C(F)(F)F)c3)n2)C2[C@H]1CCN2C(=O)[C@@H](N)C(C)(C)C. The van der Waals surface area contributed by atoms with E-state index in [0.717, 1.165) is 12.1 Å². The third-order valence-electron chi connectivity index (χ3n) is 7.12. The molecule has 3 heterocycles. The number of amides is 3. The van der Waals surface area contributed by atoms with Crippen LogP contribution in [-0.2, 0) is 11.0 Å². The predicted octanol–water partition coefficient (Wildman–Crippen LogP) is 4.69. The highest BCUT2D eigenvalue weighted by molar-refractivity contribution is 7.13. The van der Waals surface area contributed by atoms with Gasteiger partial charge < -0.3 is 20.9 Å². The Morgan fingerprint density at radius 2 is 1.89 bits per heavy atom. The van der Waals surface area contributed by atoms with E-state index in [0.29, 0.717) is 35.8 Å². The lowest BCUT2D eigenvalue weighted by Crippen LogP contribution is -2.53. The number of alkyl halides is 3. The van der Waals surface area contributed by atoms with Crippen LogP contribution in [0.1, 0.15) is 58.2 Å². The summed E-state index contributed by atoms with van der Waals surface area (Å²) in [5.41, 5.74) is 6.21. The molecule has 0 saturated carbocycles.